The first-order valence-corrected chi connectivity index (χ1v) is 7.27. The molecule has 0 amide bonds. The van der Waals surface area contributed by atoms with Gasteiger partial charge in [0, 0.05) is 5.56 Å². The molecule has 0 aromatic heterocycles. The SMILES string of the molecule is NC(=S)c1cc(F)ccc1COC1CCCCCC1. The summed E-state index contributed by atoms with van der Waals surface area (Å²) < 4.78 is 19.1. The molecule has 2 N–H and O–H groups in total. The summed E-state index contributed by atoms with van der Waals surface area (Å²) in [6.07, 6.45) is 7.61. The maximum absolute atomic E-state index is 13.2. The van der Waals surface area contributed by atoms with Crippen LogP contribution in [0.1, 0.15) is 49.7 Å². The van der Waals surface area contributed by atoms with Crippen molar-refractivity contribution in [2.75, 3.05) is 0 Å². The van der Waals surface area contributed by atoms with Gasteiger partial charge in [0.15, 0.2) is 0 Å². The zero-order valence-electron chi connectivity index (χ0n) is 11.0. The van der Waals surface area contributed by atoms with E-state index in [-0.39, 0.29) is 10.8 Å². The van der Waals surface area contributed by atoms with Gasteiger partial charge in [-0.15, -0.1) is 0 Å². The second-order valence-corrected chi connectivity index (χ2v) is 5.53. The van der Waals surface area contributed by atoms with Crippen LogP contribution < -0.4 is 5.73 Å². The first kappa shape index (κ1) is 14.4. The molecule has 4 heteroatoms. The van der Waals surface area contributed by atoms with Crippen LogP contribution in [0.25, 0.3) is 0 Å². The molecule has 1 aromatic carbocycles. The lowest BCUT2D eigenvalue weighted by Crippen LogP contribution is -2.16. The summed E-state index contributed by atoms with van der Waals surface area (Å²) in [5.74, 6) is -0.319. The largest absolute Gasteiger partial charge is 0.389 e. The van der Waals surface area contributed by atoms with E-state index in [0.29, 0.717) is 18.3 Å². The molecule has 104 valence electrons. The Labute approximate surface area is 119 Å². The van der Waals surface area contributed by atoms with E-state index in [9.17, 15) is 4.39 Å². The second-order valence-electron chi connectivity index (χ2n) is 5.09. The van der Waals surface area contributed by atoms with E-state index in [4.69, 9.17) is 22.7 Å². The summed E-state index contributed by atoms with van der Waals surface area (Å²) in [4.78, 5) is 0.221. The smallest absolute Gasteiger partial charge is 0.123 e. The van der Waals surface area contributed by atoms with Crippen molar-refractivity contribution in [1.82, 2.24) is 0 Å². The molecule has 0 spiro atoms. The summed E-state index contributed by atoms with van der Waals surface area (Å²) in [6.45, 7) is 0.456. The molecule has 0 unspecified atom stereocenters. The molecule has 1 fully saturated rings. The van der Waals surface area contributed by atoms with Crippen molar-refractivity contribution < 1.29 is 9.13 Å². The van der Waals surface area contributed by atoms with Gasteiger partial charge in [0.2, 0.25) is 0 Å². The minimum atomic E-state index is -0.319. The van der Waals surface area contributed by atoms with Crippen molar-refractivity contribution in [3.8, 4) is 0 Å². The third kappa shape index (κ3) is 4.25. The average molecular weight is 281 g/mol. The third-order valence-corrected chi connectivity index (χ3v) is 3.83. The van der Waals surface area contributed by atoms with Crippen LogP contribution >= 0.6 is 12.2 Å². The minimum Gasteiger partial charge on any atom is -0.389 e. The van der Waals surface area contributed by atoms with Crippen LogP contribution in [-0.4, -0.2) is 11.1 Å². The molecule has 1 aromatic rings. The molecule has 0 aliphatic heterocycles. The van der Waals surface area contributed by atoms with Crippen LogP contribution in [0, 0.1) is 5.82 Å². The zero-order chi connectivity index (χ0) is 13.7. The van der Waals surface area contributed by atoms with Gasteiger partial charge >= 0.3 is 0 Å². The lowest BCUT2D eigenvalue weighted by atomic mass is 10.1. The number of rotatable bonds is 4. The van der Waals surface area contributed by atoms with Crippen molar-refractivity contribution in [3.63, 3.8) is 0 Å². The lowest BCUT2D eigenvalue weighted by Gasteiger charge is -2.16. The predicted molar refractivity (Wildman–Crippen MR) is 78.6 cm³/mol. The van der Waals surface area contributed by atoms with Gasteiger partial charge in [0.25, 0.3) is 0 Å². The molecule has 0 atom stereocenters. The number of hydrogen-bond donors (Lipinski definition) is 1. The zero-order valence-corrected chi connectivity index (χ0v) is 11.8. The molecule has 0 bridgehead atoms. The number of nitrogens with two attached hydrogens (primary N) is 1. The van der Waals surface area contributed by atoms with Crippen LogP contribution in [0.3, 0.4) is 0 Å². The van der Waals surface area contributed by atoms with Crippen LogP contribution in [0.5, 0.6) is 0 Å². The van der Waals surface area contributed by atoms with Gasteiger partial charge < -0.3 is 10.5 Å². The van der Waals surface area contributed by atoms with Crippen LogP contribution in [-0.2, 0) is 11.3 Å². The predicted octanol–water partition coefficient (Wildman–Crippen LogP) is 3.70. The topological polar surface area (TPSA) is 35.2 Å². The number of hydrogen-bond acceptors (Lipinski definition) is 2. The van der Waals surface area contributed by atoms with Crippen molar-refractivity contribution in [2.45, 2.75) is 51.2 Å². The molecular weight excluding hydrogens is 261 g/mol. The van der Waals surface area contributed by atoms with Gasteiger partial charge in [0.05, 0.1) is 12.7 Å². The Balaban J connectivity index is 2.00. The van der Waals surface area contributed by atoms with E-state index in [1.54, 1.807) is 6.07 Å². The first-order valence-electron chi connectivity index (χ1n) is 6.86. The normalized spacial score (nSPS) is 17.1. The van der Waals surface area contributed by atoms with Crippen molar-refractivity contribution in [1.29, 1.82) is 0 Å². The fraction of sp³-hybridized carbons (Fsp3) is 0.533. The van der Waals surface area contributed by atoms with Gasteiger partial charge in [-0.25, -0.2) is 4.39 Å². The van der Waals surface area contributed by atoms with Gasteiger partial charge in [-0.05, 0) is 30.5 Å². The first-order chi connectivity index (χ1) is 9.16. The Morgan fingerprint density at radius 1 is 1.26 bits per heavy atom. The highest BCUT2D eigenvalue weighted by Gasteiger charge is 2.14. The van der Waals surface area contributed by atoms with Gasteiger partial charge in [-0.2, -0.15) is 0 Å². The summed E-state index contributed by atoms with van der Waals surface area (Å²) in [6, 6.07) is 4.52. The quantitative estimate of drug-likeness (QED) is 0.675. The Kier molecular flexibility index (Phi) is 5.28. The van der Waals surface area contributed by atoms with Gasteiger partial charge in [-0.3, -0.25) is 0 Å². The van der Waals surface area contributed by atoms with Crippen LogP contribution in [0.2, 0.25) is 0 Å². The Morgan fingerprint density at radius 2 is 1.95 bits per heavy atom. The molecule has 1 aliphatic carbocycles. The molecule has 0 radical (unpaired) electrons. The summed E-state index contributed by atoms with van der Waals surface area (Å²) >= 11 is 4.96. The Morgan fingerprint density at radius 3 is 2.58 bits per heavy atom. The molecule has 0 heterocycles. The van der Waals surface area contributed by atoms with E-state index in [0.717, 1.165) is 18.4 Å². The van der Waals surface area contributed by atoms with Crippen molar-refractivity contribution in [2.24, 2.45) is 5.73 Å². The maximum Gasteiger partial charge on any atom is 0.123 e. The Hall–Kier alpha value is -1.00. The van der Waals surface area contributed by atoms with Crippen LogP contribution in [0.15, 0.2) is 18.2 Å². The standard InChI is InChI=1S/C15H20FNOS/c16-12-8-7-11(14(9-12)15(17)19)10-18-13-5-3-1-2-4-6-13/h7-9,13H,1-6,10H2,(H2,17,19). The Bertz CT molecular complexity index is 442. The number of thiocarbonyl (C=S) groups is 1. The molecule has 0 saturated heterocycles. The van der Waals surface area contributed by atoms with Crippen LogP contribution in [0.4, 0.5) is 4.39 Å². The number of benzene rings is 1. The number of ether oxygens (including phenoxy) is 1. The van der Waals surface area contributed by atoms with E-state index in [1.165, 1.54) is 37.8 Å². The molecule has 1 aliphatic rings. The van der Waals surface area contributed by atoms with Crippen molar-refractivity contribution >= 4 is 17.2 Å². The lowest BCUT2D eigenvalue weighted by molar-refractivity contribution is 0.0309. The average Bonchev–Trinajstić information content (AvgIpc) is 2.65. The van der Waals surface area contributed by atoms with E-state index >= 15 is 0 Å². The second kappa shape index (κ2) is 6.96. The summed E-state index contributed by atoms with van der Waals surface area (Å²) in [5.41, 5.74) is 7.09. The highest BCUT2D eigenvalue weighted by molar-refractivity contribution is 7.80. The molecule has 2 rings (SSSR count). The minimum absolute atomic E-state index is 0.221. The van der Waals surface area contributed by atoms with Gasteiger partial charge in [-0.1, -0.05) is 44.0 Å². The monoisotopic (exact) mass is 281 g/mol. The number of halogens is 1. The highest BCUT2D eigenvalue weighted by Crippen LogP contribution is 2.22. The fourth-order valence-corrected chi connectivity index (χ4v) is 2.71. The molecule has 1 saturated carbocycles. The highest BCUT2D eigenvalue weighted by atomic mass is 32.1. The third-order valence-electron chi connectivity index (χ3n) is 3.61. The van der Waals surface area contributed by atoms with E-state index < -0.39 is 0 Å². The van der Waals surface area contributed by atoms with E-state index in [1.807, 2.05) is 0 Å². The molecule has 2 nitrogen and oxygen atoms in total. The summed E-state index contributed by atoms with van der Waals surface area (Å²) in [7, 11) is 0. The van der Waals surface area contributed by atoms with E-state index in [2.05, 4.69) is 0 Å². The fourth-order valence-electron chi connectivity index (χ4n) is 2.52. The summed E-state index contributed by atoms with van der Waals surface area (Å²) in [5, 5.41) is 0. The van der Waals surface area contributed by atoms with Gasteiger partial charge in [0.1, 0.15) is 10.8 Å². The molecular formula is C15H20FNOS. The maximum atomic E-state index is 13.2. The molecule has 19 heavy (non-hydrogen) atoms. The van der Waals surface area contributed by atoms with Crippen molar-refractivity contribution in [3.05, 3.63) is 35.1 Å².